The van der Waals surface area contributed by atoms with Crippen molar-refractivity contribution in [3.05, 3.63) is 53.6 Å². The number of carbonyl (C=O) groups excluding carboxylic acids is 2. The standard InChI is InChI=1S/C22H26N2O5/c1-15(22(26)23-2)24(13-17-4-8-18(27-3)9-5-17)21(25)11-7-16-6-10-19-20(12-16)29-14-28-19/h4-6,8-10,12,15H,7,11,13-14H2,1-3H3,(H,23,26)/t15-/m1/s1. The number of aryl methyl sites for hydroxylation is 1. The van der Waals surface area contributed by atoms with Gasteiger partial charge in [-0.25, -0.2) is 0 Å². The van der Waals surface area contributed by atoms with Gasteiger partial charge in [-0.2, -0.15) is 0 Å². The first kappa shape index (κ1) is 20.5. The molecule has 0 spiro atoms. The van der Waals surface area contributed by atoms with E-state index >= 15 is 0 Å². The summed E-state index contributed by atoms with van der Waals surface area (Å²) in [5.41, 5.74) is 1.91. The van der Waals surface area contributed by atoms with Gasteiger partial charge in [-0.3, -0.25) is 9.59 Å². The minimum Gasteiger partial charge on any atom is -0.497 e. The number of fused-ring (bicyclic) bond motifs is 1. The zero-order chi connectivity index (χ0) is 20.8. The summed E-state index contributed by atoms with van der Waals surface area (Å²) in [6.45, 7) is 2.30. The van der Waals surface area contributed by atoms with E-state index in [0.717, 1.165) is 22.6 Å². The second-order valence-electron chi connectivity index (χ2n) is 6.85. The number of hydrogen-bond donors (Lipinski definition) is 1. The SMILES string of the molecule is CNC(=O)[C@@H](C)N(Cc1ccc(OC)cc1)C(=O)CCc1ccc2c(c1)OCO2. The lowest BCUT2D eigenvalue weighted by Crippen LogP contribution is -2.46. The van der Waals surface area contributed by atoms with Gasteiger partial charge in [0.1, 0.15) is 11.8 Å². The Bertz CT molecular complexity index is 866. The van der Waals surface area contributed by atoms with Gasteiger partial charge in [0.2, 0.25) is 18.6 Å². The van der Waals surface area contributed by atoms with Crippen LogP contribution in [0.25, 0.3) is 0 Å². The molecule has 0 unspecified atom stereocenters. The summed E-state index contributed by atoms with van der Waals surface area (Å²) in [6, 6.07) is 12.6. The van der Waals surface area contributed by atoms with Crippen molar-refractivity contribution >= 4 is 11.8 Å². The molecule has 7 nitrogen and oxygen atoms in total. The van der Waals surface area contributed by atoms with Crippen molar-refractivity contribution in [3.8, 4) is 17.2 Å². The Labute approximate surface area is 170 Å². The van der Waals surface area contributed by atoms with Crippen LogP contribution in [-0.2, 0) is 22.6 Å². The first-order valence-corrected chi connectivity index (χ1v) is 9.54. The van der Waals surface area contributed by atoms with Crippen molar-refractivity contribution < 1.29 is 23.8 Å². The van der Waals surface area contributed by atoms with Gasteiger partial charge in [0, 0.05) is 20.0 Å². The fraction of sp³-hybridized carbons (Fsp3) is 0.364. The first-order valence-electron chi connectivity index (χ1n) is 9.54. The van der Waals surface area contributed by atoms with E-state index in [4.69, 9.17) is 14.2 Å². The predicted octanol–water partition coefficient (Wildman–Crippen LogP) is 2.52. The van der Waals surface area contributed by atoms with Crippen molar-refractivity contribution in [1.82, 2.24) is 10.2 Å². The van der Waals surface area contributed by atoms with Crippen LogP contribution in [0.4, 0.5) is 0 Å². The number of hydrogen-bond acceptors (Lipinski definition) is 5. The number of amides is 2. The lowest BCUT2D eigenvalue weighted by Gasteiger charge is -2.28. The molecule has 3 rings (SSSR count). The zero-order valence-corrected chi connectivity index (χ0v) is 16.9. The summed E-state index contributed by atoms with van der Waals surface area (Å²) in [6.07, 6.45) is 0.839. The van der Waals surface area contributed by atoms with Crippen molar-refractivity contribution in [2.24, 2.45) is 0 Å². The molecular formula is C22H26N2O5. The van der Waals surface area contributed by atoms with E-state index in [1.165, 1.54) is 0 Å². The molecule has 0 saturated heterocycles. The van der Waals surface area contributed by atoms with Crippen molar-refractivity contribution in [1.29, 1.82) is 0 Å². The highest BCUT2D eigenvalue weighted by atomic mass is 16.7. The fourth-order valence-electron chi connectivity index (χ4n) is 3.21. The highest BCUT2D eigenvalue weighted by Crippen LogP contribution is 2.32. The van der Waals surface area contributed by atoms with Crippen LogP contribution in [0.5, 0.6) is 17.2 Å². The molecule has 7 heteroatoms. The monoisotopic (exact) mass is 398 g/mol. The number of rotatable bonds is 8. The first-order chi connectivity index (χ1) is 14.0. The Kier molecular flexibility index (Phi) is 6.59. The molecule has 1 heterocycles. The van der Waals surface area contributed by atoms with E-state index in [-0.39, 0.29) is 25.0 Å². The molecule has 0 radical (unpaired) electrons. The lowest BCUT2D eigenvalue weighted by molar-refractivity contribution is -0.140. The maximum atomic E-state index is 13.0. The van der Waals surface area contributed by atoms with Gasteiger partial charge < -0.3 is 24.4 Å². The summed E-state index contributed by atoms with van der Waals surface area (Å²) in [4.78, 5) is 26.8. The van der Waals surface area contributed by atoms with Crippen molar-refractivity contribution in [2.75, 3.05) is 21.0 Å². The smallest absolute Gasteiger partial charge is 0.242 e. The molecule has 154 valence electrons. The van der Waals surface area contributed by atoms with Crippen LogP contribution in [0.2, 0.25) is 0 Å². The second kappa shape index (κ2) is 9.32. The summed E-state index contributed by atoms with van der Waals surface area (Å²) in [7, 11) is 3.18. The maximum absolute atomic E-state index is 13.0. The average molecular weight is 398 g/mol. The van der Waals surface area contributed by atoms with Gasteiger partial charge in [-0.1, -0.05) is 18.2 Å². The highest BCUT2D eigenvalue weighted by molar-refractivity contribution is 5.87. The molecule has 2 amide bonds. The molecule has 29 heavy (non-hydrogen) atoms. The van der Waals surface area contributed by atoms with Crippen LogP contribution >= 0.6 is 0 Å². The van der Waals surface area contributed by atoms with Crippen molar-refractivity contribution in [3.63, 3.8) is 0 Å². The number of carbonyl (C=O) groups is 2. The Balaban J connectivity index is 1.70. The van der Waals surface area contributed by atoms with Gasteiger partial charge >= 0.3 is 0 Å². The summed E-state index contributed by atoms with van der Waals surface area (Å²) < 4.78 is 15.9. The second-order valence-corrected chi connectivity index (χ2v) is 6.85. The fourth-order valence-corrected chi connectivity index (χ4v) is 3.21. The molecule has 2 aromatic rings. The number of nitrogens with one attached hydrogen (secondary N) is 1. The third-order valence-electron chi connectivity index (χ3n) is 4.99. The quantitative estimate of drug-likeness (QED) is 0.739. The number of benzene rings is 2. The molecule has 1 N–H and O–H groups in total. The predicted molar refractivity (Wildman–Crippen MR) is 108 cm³/mol. The van der Waals surface area contributed by atoms with E-state index < -0.39 is 6.04 Å². The molecule has 0 saturated carbocycles. The number of likely N-dealkylation sites (N-methyl/N-ethyl adjacent to an activating group) is 1. The van der Waals surface area contributed by atoms with Gasteiger partial charge in [0.05, 0.1) is 7.11 Å². The van der Waals surface area contributed by atoms with Gasteiger partial charge in [-0.05, 0) is 48.7 Å². The van der Waals surface area contributed by atoms with E-state index in [0.29, 0.717) is 18.7 Å². The van der Waals surface area contributed by atoms with Crippen LogP contribution in [0.1, 0.15) is 24.5 Å². The molecule has 1 atom stereocenters. The third-order valence-corrected chi connectivity index (χ3v) is 4.99. The van der Waals surface area contributed by atoms with Gasteiger partial charge in [-0.15, -0.1) is 0 Å². The third kappa shape index (κ3) is 4.99. The van der Waals surface area contributed by atoms with E-state index in [1.807, 2.05) is 42.5 Å². The number of methoxy groups -OCH3 is 1. The van der Waals surface area contributed by atoms with Crippen LogP contribution < -0.4 is 19.5 Å². The number of nitrogens with zero attached hydrogens (tertiary/aromatic N) is 1. The zero-order valence-electron chi connectivity index (χ0n) is 16.9. The lowest BCUT2D eigenvalue weighted by atomic mass is 10.1. The Morgan fingerprint density at radius 3 is 2.48 bits per heavy atom. The summed E-state index contributed by atoms with van der Waals surface area (Å²) in [5, 5.41) is 2.62. The molecule has 1 aliphatic heterocycles. The van der Waals surface area contributed by atoms with E-state index in [1.54, 1.807) is 26.0 Å². The van der Waals surface area contributed by atoms with Crippen LogP contribution in [-0.4, -0.2) is 43.7 Å². The van der Waals surface area contributed by atoms with Crippen LogP contribution in [0.15, 0.2) is 42.5 Å². The Morgan fingerprint density at radius 1 is 1.10 bits per heavy atom. The normalized spacial score (nSPS) is 12.9. The van der Waals surface area contributed by atoms with Crippen LogP contribution in [0, 0.1) is 0 Å². The van der Waals surface area contributed by atoms with Crippen LogP contribution in [0.3, 0.4) is 0 Å². The number of ether oxygens (including phenoxy) is 3. The molecule has 0 bridgehead atoms. The molecular weight excluding hydrogens is 372 g/mol. The minimum absolute atomic E-state index is 0.0883. The van der Waals surface area contributed by atoms with Gasteiger partial charge in [0.15, 0.2) is 11.5 Å². The van der Waals surface area contributed by atoms with E-state index in [9.17, 15) is 9.59 Å². The minimum atomic E-state index is -0.577. The molecule has 0 aromatic heterocycles. The largest absolute Gasteiger partial charge is 0.497 e. The Morgan fingerprint density at radius 2 is 1.79 bits per heavy atom. The topological polar surface area (TPSA) is 77.1 Å². The van der Waals surface area contributed by atoms with Crippen molar-refractivity contribution in [2.45, 2.75) is 32.4 Å². The average Bonchev–Trinajstić information content (AvgIpc) is 3.23. The highest BCUT2D eigenvalue weighted by Gasteiger charge is 2.25. The molecule has 1 aliphatic rings. The van der Waals surface area contributed by atoms with E-state index in [2.05, 4.69) is 5.32 Å². The Hall–Kier alpha value is -3.22. The summed E-state index contributed by atoms with van der Waals surface area (Å²) in [5.74, 6) is 1.87. The maximum Gasteiger partial charge on any atom is 0.242 e. The van der Waals surface area contributed by atoms with Gasteiger partial charge in [0.25, 0.3) is 0 Å². The summed E-state index contributed by atoms with van der Waals surface area (Å²) >= 11 is 0. The molecule has 0 aliphatic carbocycles. The molecule has 2 aromatic carbocycles. The molecule has 0 fully saturated rings.